The van der Waals surface area contributed by atoms with Gasteiger partial charge < -0.3 is 14.4 Å². The summed E-state index contributed by atoms with van der Waals surface area (Å²) >= 11 is 0. The topological polar surface area (TPSA) is 64.5 Å². The normalized spacial score (nSPS) is 17.4. The molecule has 1 aromatic carbocycles. The van der Waals surface area contributed by atoms with Gasteiger partial charge in [-0.1, -0.05) is 0 Å². The highest BCUT2D eigenvalue weighted by Gasteiger charge is 2.26. The molecule has 0 saturated carbocycles. The van der Waals surface area contributed by atoms with Gasteiger partial charge in [0.25, 0.3) is 5.91 Å². The first-order valence-electron chi connectivity index (χ1n) is 7.73. The van der Waals surface area contributed by atoms with E-state index in [1.165, 1.54) is 0 Å². The molecule has 1 aliphatic rings. The molecule has 2 heterocycles. The summed E-state index contributed by atoms with van der Waals surface area (Å²) in [4.78, 5) is 21.9. The van der Waals surface area contributed by atoms with E-state index >= 15 is 0 Å². The van der Waals surface area contributed by atoms with Gasteiger partial charge in [-0.25, -0.2) is 14.4 Å². The minimum atomic E-state index is -0.512. The van der Waals surface area contributed by atoms with Crippen molar-refractivity contribution >= 4 is 5.91 Å². The lowest BCUT2D eigenvalue weighted by Crippen LogP contribution is -2.44. The number of nitrogens with zero attached hydrogens (tertiary/aromatic N) is 3. The van der Waals surface area contributed by atoms with E-state index in [-0.39, 0.29) is 18.0 Å². The van der Waals surface area contributed by atoms with Gasteiger partial charge in [0.05, 0.1) is 26.0 Å². The maximum absolute atomic E-state index is 12.8. The molecule has 6 nitrogen and oxygen atoms in total. The van der Waals surface area contributed by atoms with E-state index in [1.807, 2.05) is 0 Å². The van der Waals surface area contributed by atoms with Gasteiger partial charge in [-0.05, 0) is 37.1 Å². The summed E-state index contributed by atoms with van der Waals surface area (Å²) in [6.45, 7) is 1.13. The zero-order valence-corrected chi connectivity index (χ0v) is 13.3. The molecule has 0 radical (unpaired) electrons. The fourth-order valence-corrected chi connectivity index (χ4v) is 2.65. The van der Waals surface area contributed by atoms with Crippen molar-refractivity contribution in [2.75, 3.05) is 20.2 Å². The third kappa shape index (κ3) is 3.79. The van der Waals surface area contributed by atoms with Crippen LogP contribution in [-0.2, 0) is 0 Å². The van der Waals surface area contributed by atoms with Crippen LogP contribution in [0.5, 0.6) is 11.8 Å². The lowest BCUT2D eigenvalue weighted by molar-refractivity contribution is 0.0515. The fourth-order valence-electron chi connectivity index (χ4n) is 2.65. The number of hydrogen-bond acceptors (Lipinski definition) is 5. The average Bonchev–Trinajstić information content (AvgIpc) is 2.63. The maximum atomic E-state index is 12.8. The Morgan fingerprint density at radius 2 is 1.96 bits per heavy atom. The second-order valence-electron chi connectivity index (χ2n) is 5.55. The number of amides is 1. The fraction of sp³-hybridized carbons (Fsp3) is 0.353. The van der Waals surface area contributed by atoms with Gasteiger partial charge in [-0.15, -0.1) is 0 Å². The first kappa shape index (κ1) is 16.2. The predicted molar refractivity (Wildman–Crippen MR) is 84.5 cm³/mol. The van der Waals surface area contributed by atoms with Crippen LogP contribution in [0.4, 0.5) is 4.39 Å². The van der Waals surface area contributed by atoms with Crippen molar-refractivity contribution in [1.29, 1.82) is 0 Å². The largest absolute Gasteiger partial charge is 0.497 e. The van der Waals surface area contributed by atoms with Crippen molar-refractivity contribution in [2.24, 2.45) is 0 Å². The summed E-state index contributed by atoms with van der Waals surface area (Å²) in [7, 11) is 1.58. The van der Waals surface area contributed by atoms with E-state index < -0.39 is 5.82 Å². The number of aromatic nitrogens is 2. The predicted octanol–water partition coefficient (Wildman–Crippen LogP) is 2.31. The quantitative estimate of drug-likeness (QED) is 0.860. The van der Waals surface area contributed by atoms with Gasteiger partial charge >= 0.3 is 6.01 Å². The van der Waals surface area contributed by atoms with E-state index in [0.29, 0.717) is 24.4 Å². The van der Waals surface area contributed by atoms with Crippen LogP contribution in [0.15, 0.2) is 36.7 Å². The van der Waals surface area contributed by atoms with Crippen molar-refractivity contribution in [3.63, 3.8) is 0 Å². The van der Waals surface area contributed by atoms with Crippen LogP contribution < -0.4 is 9.47 Å². The van der Waals surface area contributed by atoms with Crippen molar-refractivity contribution in [1.82, 2.24) is 14.9 Å². The molecule has 0 spiro atoms. The number of piperidine rings is 1. The third-order valence-electron chi connectivity index (χ3n) is 3.87. The van der Waals surface area contributed by atoms with Gasteiger partial charge in [0.15, 0.2) is 5.82 Å². The summed E-state index contributed by atoms with van der Waals surface area (Å²) < 4.78 is 23.6. The van der Waals surface area contributed by atoms with Crippen LogP contribution in [0.2, 0.25) is 0 Å². The standard InChI is InChI=1S/C17H18FN3O3/c1-23-14-6-4-12(5-7-14)16(22)21-8-2-3-15(11-21)24-17-19-9-13(18)10-20-17/h4-7,9-10,15H,2-3,8,11H2,1H3. The van der Waals surface area contributed by atoms with E-state index in [9.17, 15) is 9.18 Å². The van der Waals surface area contributed by atoms with Gasteiger partial charge in [0.1, 0.15) is 11.9 Å². The summed E-state index contributed by atoms with van der Waals surface area (Å²) in [6, 6.07) is 7.14. The molecule has 0 N–H and O–H groups in total. The van der Waals surface area contributed by atoms with Gasteiger partial charge in [0, 0.05) is 12.1 Å². The molecule has 0 bridgehead atoms. The molecule has 1 amide bonds. The summed E-state index contributed by atoms with van der Waals surface area (Å²) in [6.07, 6.45) is 3.55. The molecule has 1 atom stereocenters. The van der Waals surface area contributed by atoms with Crippen molar-refractivity contribution in [2.45, 2.75) is 18.9 Å². The highest BCUT2D eigenvalue weighted by Crippen LogP contribution is 2.19. The zero-order chi connectivity index (χ0) is 16.9. The molecule has 2 aromatic rings. The molecular formula is C17H18FN3O3. The number of hydrogen-bond donors (Lipinski definition) is 0. The number of halogens is 1. The lowest BCUT2D eigenvalue weighted by Gasteiger charge is -2.32. The molecule has 1 aromatic heterocycles. The Bertz CT molecular complexity index is 691. The highest BCUT2D eigenvalue weighted by atomic mass is 19.1. The Hall–Kier alpha value is -2.70. The Balaban J connectivity index is 1.63. The van der Waals surface area contributed by atoms with E-state index in [2.05, 4.69) is 9.97 Å². The third-order valence-corrected chi connectivity index (χ3v) is 3.87. The second-order valence-corrected chi connectivity index (χ2v) is 5.55. The van der Waals surface area contributed by atoms with Crippen LogP contribution in [0.25, 0.3) is 0 Å². The summed E-state index contributed by atoms with van der Waals surface area (Å²) in [5.41, 5.74) is 0.606. The number of rotatable bonds is 4. The summed E-state index contributed by atoms with van der Waals surface area (Å²) in [5, 5.41) is 0. The maximum Gasteiger partial charge on any atom is 0.316 e. The van der Waals surface area contributed by atoms with Crippen LogP contribution in [0.1, 0.15) is 23.2 Å². The number of carbonyl (C=O) groups is 1. The van der Waals surface area contributed by atoms with Crippen LogP contribution >= 0.6 is 0 Å². The first-order valence-corrected chi connectivity index (χ1v) is 7.73. The number of carbonyl (C=O) groups excluding carboxylic acids is 1. The van der Waals surface area contributed by atoms with E-state index in [4.69, 9.17) is 9.47 Å². The number of methoxy groups -OCH3 is 1. The number of likely N-dealkylation sites (tertiary alicyclic amines) is 1. The molecular weight excluding hydrogens is 313 g/mol. The average molecular weight is 331 g/mol. The smallest absolute Gasteiger partial charge is 0.316 e. The van der Waals surface area contributed by atoms with Gasteiger partial charge in [-0.3, -0.25) is 4.79 Å². The van der Waals surface area contributed by atoms with E-state index in [1.54, 1.807) is 36.3 Å². The van der Waals surface area contributed by atoms with Crippen molar-refractivity contribution < 1.29 is 18.7 Å². The second kappa shape index (κ2) is 7.25. The molecule has 24 heavy (non-hydrogen) atoms. The van der Waals surface area contributed by atoms with E-state index in [0.717, 1.165) is 25.2 Å². The number of ether oxygens (including phenoxy) is 2. The van der Waals surface area contributed by atoms with Crippen molar-refractivity contribution in [3.8, 4) is 11.8 Å². The minimum absolute atomic E-state index is 0.0500. The highest BCUT2D eigenvalue weighted by molar-refractivity contribution is 5.94. The Morgan fingerprint density at radius 1 is 1.25 bits per heavy atom. The zero-order valence-electron chi connectivity index (χ0n) is 13.3. The number of benzene rings is 1. The van der Waals surface area contributed by atoms with Crippen LogP contribution in [0.3, 0.4) is 0 Å². The molecule has 3 rings (SSSR count). The molecule has 7 heteroatoms. The Kier molecular flexibility index (Phi) is 4.88. The van der Waals surface area contributed by atoms with Gasteiger partial charge in [-0.2, -0.15) is 0 Å². The molecule has 1 unspecified atom stereocenters. The Morgan fingerprint density at radius 3 is 2.62 bits per heavy atom. The molecule has 1 fully saturated rings. The minimum Gasteiger partial charge on any atom is -0.497 e. The molecule has 126 valence electrons. The van der Waals surface area contributed by atoms with Crippen LogP contribution in [0, 0.1) is 5.82 Å². The van der Waals surface area contributed by atoms with Gasteiger partial charge in [0.2, 0.25) is 0 Å². The van der Waals surface area contributed by atoms with Crippen LogP contribution in [-0.4, -0.2) is 47.1 Å². The van der Waals surface area contributed by atoms with Crippen molar-refractivity contribution in [3.05, 3.63) is 48.0 Å². The Labute approximate surface area is 139 Å². The molecule has 0 aliphatic carbocycles. The SMILES string of the molecule is COc1ccc(C(=O)N2CCCC(Oc3ncc(F)cn3)C2)cc1. The molecule has 1 saturated heterocycles. The first-order chi connectivity index (χ1) is 11.7. The molecule has 1 aliphatic heterocycles. The monoisotopic (exact) mass is 331 g/mol. The summed E-state index contributed by atoms with van der Waals surface area (Å²) in [5.74, 6) is 0.146. The lowest BCUT2D eigenvalue weighted by atomic mass is 10.1.